The molecule has 2 unspecified atom stereocenters. The maximum atomic E-state index is 13.5. The second-order valence-corrected chi connectivity index (χ2v) is 7.00. The van der Waals surface area contributed by atoms with Gasteiger partial charge in [0.15, 0.2) is 5.82 Å². The zero-order valence-electron chi connectivity index (χ0n) is 16.1. The molecule has 3 N–H and O–H groups in total. The first-order chi connectivity index (χ1) is 14.5. The van der Waals surface area contributed by atoms with Crippen molar-refractivity contribution in [3.63, 3.8) is 0 Å². The quantitative estimate of drug-likeness (QED) is 0.618. The SMILES string of the molecule is CC(O)(CF)C(NC(=O)N1CC(=O)Nc2cccnc21)c1ccc(OC(F)(F)F)cc1. The van der Waals surface area contributed by atoms with Crippen molar-refractivity contribution in [1.82, 2.24) is 10.3 Å². The van der Waals surface area contributed by atoms with E-state index in [-0.39, 0.29) is 23.6 Å². The fourth-order valence-electron chi connectivity index (χ4n) is 3.02. The number of amides is 3. The van der Waals surface area contributed by atoms with Crippen LogP contribution in [-0.4, -0.2) is 47.2 Å². The van der Waals surface area contributed by atoms with E-state index in [0.29, 0.717) is 0 Å². The molecule has 1 aromatic heterocycles. The van der Waals surface area contributed by atoms with E-state index in [1.165, 1.54) is 12.3 Å². The third kappa shape index (κ3) is 5.20. The minimum absolute atomic E-state index is 0.119. The number of urea groups is 1. The lowest BCUT2D eigenvalue weighted by Crippen LogP contribution is -2.53. The summed E-state index contributed by atoms with van der Waals surface area (Å²) < 4.78 is 54.4. The van der Waals surface area contributed by atoms with E-state index in [9.17, 15) is 32.3 Å². The van der Waals surface area contributed by atoms with Crippen molar-refractivity contribution in [2.24, 2.45) is 0 Å². The van der Waals surface area contributed by atoms with Crippen LogP contribution < -0.4 is 20.3 Å². The molecule has 2 heterocycles. The zero-order chi connectivity index (χ0) is 22.8. The van der Waals surface area contributed by atoms with E-state index in [1.54, 1.807) is 6.07 Å². The zero-order valence-corrected chi connectivity index (χ0v) is 16.1. The molecule has 12 heteroatoms. The summed E-state index contributed by atoms with van der Waals surface area (Å²) in [5, 5.41) is 15.5. The number of nitrogens with zero attached hydrogens (tertiary/aromatic N) is 2. The standard InChI is InChI=1S/C19H18F4N4O4/c1-18(30,10-20)15(11-4-6-12(7-5-11)31-19(21,22)23)26-17(29)27-9-14(28)25-13-3-2-8-24-16(13)27/h2-8,15,30H,9-10H2,1H3,(H,25,28)(H,26,29). The summed E-state index contributed by atoms with van der Waals surface area (Å²) in [6.45, 7) is -0.528. The van der Waals surface area contributed by atoms with Gasteiger partial charge in [-0.1, -0.05) is 12.1 Å². The molecule has 1 aromatic carbocycles. The van der Waals surface area contributed by atoms with Crippen molar-refractivity contribution in [3.8, 4) is 5.75 Å². The summed E-state index contributed by atoms with van der Waals surface area (Å²) in [7, 11) is 0. The van der Waals surface area contributed by atoms with Crippen LogP contribution in [0.2, 0.25) is 0 Å². The van der Waals surface area contributed by atoms with Crippen LogP contribution in [0.15, 0.2) is 42.6 Å². The second-order valence-electron chi connectivity index (χ2n) is 7.00. The Kier molecular flexibility index (Phi) is 6.02. The van der Waals surface area contributed by atoms with Gasteiger partial charge in [-0.3, -0.25) is 9.69 Å². The number of carbonyl (C=O) groups excluding carboxylic acids is 2. The van der Waals surface area contributed by atoms with Gasteiger partial charge in [-0.15, -0.1) is 13.2 Å². The maximum absolute atomic E-state index is 13.5. The normalized spacial score (nSPS) is 16.6. The summed E-state index contributed by atoms with van der Waals surface area (Å²) in [5.41, 5.74) is -1.70. The number of halogens is 4. The Morgan fingerprint density at radius 1 is 1.32 bits per heavy atom. The number of aliphatic hydroxyl groups is 1. The molecule has 0 fully saturated rings. The minimum atomic E-state index is -4.89. The summed E-state index contributed by atoms with van der Waals surface area (Å²) in [5.74, 6) is -0.864. The number of alkyl halides is 4. The Morgan fingerprint density at radius 2 is 2.00 bits per heavy atom. The molecule has 166 valence electrons. The van der Waals surface area contributed by atoms with Crippen molar-refractivity contribution < 1.29 is 37.0 Å². The number of anilines is 2. The molecule has 31 heavy (non-hydrogen) atoms. The van der Waals surface area contributed by atoms with Crippen LogP contribution in [0.1, 0.15) is 18.5 Å². The number of aromatic nitrogens is 1. The van der Waals surface area contributed by atoms with E-state index in [0.717, 1.165) is 36.1 Å². The van der Waals surface area contributed by atoms with Gasteiger partial charge in [0, 0.05) is 6.20 Å². The van der Waals surface area contributed by atoms with Crippen molar-refractivity contribution in [2.45, 2.75) is 24.9 Å². The van der Waals surface area contributed by atoms with Crippen molar-refractivity contribution in [1.29, 1.82) is 0 Å². The molecule has 3 amide bonds. The summed E-state index contributed by atoms with van der Waals surface area (Å²) in [6, 6.07) is 5.14. The van der Waals surface area contributed by atoms with Gasteiger partial charge in [0.1, 0.15) is 24.6 Å². The second kappa shape index (κ2) is 8.38. The van der Waals surface area contributed by atoms with Crippen LogP contribution in [-0.2, 0) is 4.79 Å². The predicted molar refractivity (Wildman–Crippen MR) is 101 cm³/mol. The molecule has 1 aliphatic heterocycles. The van der Waals surface area contributed by atoms with E-state index in [4.69, 9.17) is 0 Å². The first kappa shape index (κ1) is 22.3. The molecule has 2 aromatic rings. The van der Waals surface area contributed by atoms with Crippen molar-refractivity contribution >= 4 is 23.4 Å². The number of nitrogens with one attached hydrogen (secondary N) is 2. The largest absolute Gasteiger partial charge is 0.573 e. The number of benzene rings is 1. The third-order valence-electron chi connectivity index (χ3n) is 4.47. The van der Waals surface area contributed by atoms with E-state index < -0.39 is 42.4 Å². The number of pyridine rings is 1. The molecule has 0 radical (unpaired) electrons. The van der Waals surface area contributed by atoms with Gasteiger partial charge >= 0.3 is 12.4 Å². The molecule has 8 nitrogen and oxygen atoms in total. The number of carbonyl (C=O) groups is 2. The van der Waals surface area contributed by atoms with Gasteiger partial charge in [0.05, 0.1) is 11.7 Å². The Labute approximate surface area is 173 Å². The van der Waals surface area contributed by atoms with E-state index in [1.807, 2.05) is 0 Å². The highest BCUT2D eigenvalue weighted by Crippen LogP contribution is 2.31. The average molecular weight is 442 g/mol. The number of ether oxygens (including phenoxy) is 1. The number of rotatable bonds is 5. The van der Waals surface area contributed by atoms with Crippen LogP contribution in [0.5, 0.6) is 5.75 Å². The molecule has 0 saturated carbocycles. The fraction of sp³-hybridized carbons (Fsp3) is 0.316. The topological polar surface area (TPSA) is 104 Å². The van der Waals surface area contributed by atoms with Crippen LogP contribution in [0, 0.1) is 0 Å². The highest BCUT2D eigenvalue weighted by Gasteiger charge is 2.38. The lowest BCUT2D eigenvalue weighted by Gasteiger charge is -2.35. The summed E-state index contributed by atoms with van der Waals surface area (Å²) in [4.78, 5) is 29.9. The summed E-state index contributed by atoms with van der Waals surface area (Å²) in [6.07, 6.45) is -3.49. The third-order valence-corrected chi connectivity index (χ3v) is 4.47. The number of fused-ring (bicyclic) bond motifs is 1. The van der Waals surface area contributed by atoms with Gasteiger partial charge in [-0.2, -0.15) is 0 Å². The first-order valence-corrected chi connectivity index (χ1v) is 8.97. The average Bonchev–Trinajstić information content (AvgIpc) is 2.70. The van der Waals surface area contributed by atoms with Crippen LogP contribution in [0.3, 0.4) is 0 Å². The molecule has 3 rings (SSSR count). The van der Waals surface area contributed by atoms with Crippen LogP contribution in [0.25, 0.3) is 0 Å². The highest BCUT2D eigenvalue weighted by molar-refractivity contribution is 6.08. The molecule has 0 aliphatic carbocycles. The highest BCUT2D eigenvalue weighted by atomic mass is 19.4. The Hall–Kier alpha value is -3.41. The van der Waals surface area contributed by atoms with Crippen molar-refractivity contribution in [2.75, 3.05) is 23.4 Å². The Morgan fingerprint density at radius 3 is 2.61 bits per heavy atom. The summed E-state index contributed by atoms with van der Waals surface area (Å²) >= 11 is 0. The molecule has 2 atom stereocenters. The molecular formula is C19H18F4N4O4. The van der Waals surface area contributed by atoms with E-state index in [2.05, 4.69) is 20.4 Å². The molecule has 0 saturated heterocycles. The lowest BCUT2D eigenvalue weighted by molar-refractivity contribution is -0.274. The molecule has 0 bridgehead atoms. The molecule has 1 aliphatic rings. The number of hydrogen-bond donors (Lipinski definition) is 3. The fourth-order valence-corrected chi connectivity index (χ4v) is 3.02. The smallest absolute Gasteiger partial charge is 0.406 e. The molecule has 0 spiro atoms. The van der Waals surface area contributed by atoms with Gasteiger partial charge < -0.3 is 20.5 Å². The monoisotopic (exact) mass is 442 g/mol. The van der Waals surface area contributed by atoms with Gasteiger partial charge in [0.25, 0.3) is 0 Å². The van der Waals surface area contributed by atoms with Crippen LogP contribution in [0.4, 0.5) is 33.9 Å². The number of hydrogen-bond acceptors (Lipinski definition) is 5. The predicted octanol–water partition coefficient (Wildman–Crippen LogP) is 2.91. The lowest BCUT2D eigenvalue weighted by atomic mass is 9.91. The molecular weight excluding hydrogens is 424 g/mol. The van der Waals surface area contributed by atoms with Gasteiger partial charge in [-0.25, -0.2) is 14.2 Å². The van der Waals surface area contributed by atoms with Gasteiger partial charge in [-0.05, 0) is 36.8 Å². The van der Waals surface area contributed by atoms with Crippen molar-refractivity contribution in [3.05, 3.63) is 48.2 Å². The first-order valence-electron chi connectivity index (χ1n) is 8.97. The Balaban J connectivity index is 1.87. The Bertz CT molecular complexity index is 966. The maximum Gasteiger partial charge on any atom is 0.573 e. The minimum Gasteiger partial charge on any atom is -0.406 e. The van der Waals surface area contributed by atoms with Gasteiger partial charge in [0.2, 0.25) is 5.91 Å². The van der Waals surface area contributed by atoms with E-state index >= 15 is 0 Å². The van der Waals surface area contributed by atoms with Crippen LogP contribution >= 0.6 is 0 Å².